The zero-order valence-corrected chi connectivity index (χ0v) is 9.72. The molecule has 0 aromatic carbocycles. The molecule has 2 rings (SSSR count). The highest BCUT2D eigenvalue weighted by Crippen LogP contribution is 2.28. The van der Waals surface area contributed by atoms with Gasteiger partial charge in [0.25, 0.3) is 0 Å². The van der Waals surface area contributed by atoms with Crippen LogP contribution in [0.3, 0.4) is 0 Å². The maximum absolute atomic E-state index is 5.17. The topological polar surface area (TPSA) is 82.2 Å². The van der Waals surface area contributed by atoms with Gasteiger partial charge in [0.2, 0.25) is 11.8 Å². The van der Waals surface area contributed by atoms with E-state index in [-0.39, 0.29) is 6.01 Å². The van der Waals surface area contributed by atoms with Crippen molar-refractivity contribution in [2.45, 2.75) is 0 Å². The van der Waals surface area contributed by atoms with Crippen molar-refractivity contribution < 1.29 is 14.2 Å². The molecule has 0 aliphatic carbocycles. The van der Waals surface area contributed by atoms with E-state index in [1.54, 1.807) is 19.2 Å². The van der Waals surface area contributed by atoms with Crippen molar-refractivity contribution >= 4 is 0 Å². The summed E-state index contributed by atoms with van der Waals surface area (Å²) < 4.78 is 15.1. The van der Waals surface area contributed by atoms with Crippen molar-refractivity contribution in [1.82, 2.24) is 20.2 Å². The molecule has 0 unspecified atom stereocenters. The second-order valence-electron chi connectivity index (χ2n) is 3.08. The number of aromatic nitrogens is 4. The molecule has 0 fully saturated rings. The first-order chi connectivity index (χ1) is 8.28. The second-order valence-corrected chi connectivity index (χ2v) is 3.08. The molecule has 7 nitrogen and oxygen atoms in total. The number of hydrogen-bond donors (Lipinski definition) is 1. The molecule has 0 saturated carbocycles. The van der Waals surface area contributed by atoms with Gasteiger partial charge in [0.1, 0.15) is 0 Å². The number of pyridine rings is 1. The lowest BCUT2D eigenvalue weighted by Gasteiger charge is -2.06. The van der Waals surface area contributed by atoms with Crippen molar-refractivity contribution in [3.8, 4) is 29.2 Å². The summed E-state index contributed by atoms with van der Waals surface area (Å²) in [4.78, 5) is 8.26. The van der Waals surface area contributed by atoms with Crippen molar-refractivity contribution in [3.63, 3.8) is 0 Å². The van der Waals surface area contributed by atoms with Gasteiger partial charge in [0, 0.05) is 6.07 Å². The Bertz CT molecular complexity index is 512. The number of H-pyrrole nitrogens is 1. The SMILES string of the molecule is COc1ccc(-c2nc(OC)n[nH]2)c(OC)n1. The molecule has 1 N–H and O–H groups in total. The predicted octanol–water partition coefficient (Wildman–Crippen LogP) is 0.892. The Kier molecular flexibility index (Phi) is 3.08. The first kappa shape index (κ1) is 11.2. The molecule has 7 heteroatoms. The number of nitrogens with one attached hydrogen (secondary N) is 1. The molecular formula is C10H12N4O3. The molecule has 2 aromatic rings. The summed E-state index contributed by atoms with van der Waals surface area (Å²) in [6.07, 6.45) is 0. The van der Waals surface area contributed by atoms with Gasteiger partial charge in [-0.15, -0.1) is 5.10 Å². The zero-order valence-electron chi connectivity index (χ0n) is 9.72. The van der Waals surface area contributed by atoms with Crippen LogP contribution in [-0.2, 0) is 0 Å². The van der Waals surface area contributed by atoms with Crippen LogP contribution in [0.5, 0.6) is 17.8 Å². The van der Waals surface area contributed by atoms with Crippen LogP contribution < -0.4 is 14.2 Å². The van der Waals surface area contributed by atoms with E-state index in [4.69, 9.17) is 14.2 Å². The summed E-state index contributed by atoms with van der Waals surface area (Å²) in [5, 5.41) is 6.59. The maximum atomic E-state index is 5.17. The minimum Gasteiger partial charge on any atom is -0.481 e. The Morgan fingerprint density at radius 2 is 1.82 bits per heavy atom. The average molecular weight is 236 g/mol. The standard InChI is InChI=1S/C10H12N4O3/c1-15-7-5-4-6(9(11-7)16-2)8-12-10(17-3)14-13-8/h4-5H,1-3H3,(H,12,13,14). The lowest BCUT2D eigenvalue weighted by Crippen LogP contribution is -1.95. The van der Waals surface area contributed by atoms with E-state index in [9.17, 15) is 0 Å². The van der Waals surface area contributed by atoms with E-state index in [0.717, 1.165) is 0 Å². The monoisotopic (exact) mass is 236 g/mol. The molecule has 0 radical (unpaired) electrons. The molecule has 0 bridgehead atoms. The number of hydrogen-bond acceptors (Lipinski definition) is 6. The van der Waals surface area contributed by atoms with Crippen LogP contribution in [0.25, 0.3) is 11.4 Å². The van der Waals surface area contributed by atoms with Crippen molar-refractivity contribution in [3.05, 3.63) is 12.1 Å². The number of rotatable bonds is 4. The van der Waals surface area contributed by atoms with Gasteiger partial charge in [-0.2, -0.15) is 9.97 Å². The molecule has 0 aliphatic heterocycles. The zero-order chi connectivity index (χ0) is 12.3. The molecule has 2 aromatic heterocycles. The number of nitrogens with zero attached hydrogens (tertiary/aromatic N) is 3. The van der Waals surface area contributed by atoms with E-state index in [2.05, 4.69) is 20.2 Å². The smallest absolute Gasteiger partial charge is 0.335 e. The van der Waals surface area contributed by atoms with Crippen molar-refractivity contribution in [1.29, 1.82) is 0 Å². The summed E-state index contributed by atoms with van der Waals surface area (Å²) in [5.41, 5.74) is 0.684. The third kappa shape index (κ3) is 2.12. The Morgan fingerprint density at radius 1 is 1.00 bits per heavy atom. The second kappa shape index (κ2) is 4.69. The lowest BCUT2D eigenvalue weighted by molar-refractivity contribution is 0.365. The minimum atomic E-state index is 0.262. The molecule has 17 heavy (non-hydrogen) atoms. The van der Waals surface area contributed by atoms with Gasteiger partial charge in [-0.05, 0) is 6.07 Å². The molecule has 0 amide bonds. The van der Waals surface area contributed by atoms with E-state index in [0.29, 0.717) is 23.1 Å². The normalized spacial score (nSPS) is 10.1. The summed E-state index contributed by atoms with van der Waals surface area (Å²) in [7, 11) is 4.56. The van der Waals surface area contributed by atoms with Crippen molar-refractivity contribution in [2.75, 3.05) is 21.3 Å². The first-order valence-corrected chi connectivity index (χ1v) is 4.84. The van der Waals surface area contributed by atoms with Gasteiger partial charge in [-0.3, -0.25) is 5.10 Å². The average Bonchev–Trinajstić information content (AvgIpc) is 2.86. The molecule has 0 saturated heterocycles. The highest BCUT2D eigenvalue weighted by atomic mass is 16.5. The largest absolute Gasteiger partial charge is 0.481 e. The third-order valence-electron chi connectivity index (χ3n) is 2.14. The third-order valence-corrected chi connectivity index (χ3v) is 2.14. The summed E-state index contributed by atoms with van der Waals surface area (Å²) in [6, 6.07) is 3.76. The van der Waals surface area contributed by atoms with Crippen LogP contribution in [0.1, 0.15) is 0 Å². The van der Waals surface area contributed by atoms with Gasteiger partial charge < -0.3 is 14.2 Å². The Balaban J connectivity index is 2.43. The fourth-order valence-electron chi connectivity index (χ4n) is 1.33. The molecule has 0 atom stereocenters. The van der Waals surface area contributed by atoms with Crippen LogP contribution in [0.2, 0.25) is 0 Å². The summed E-state index contributed by atoms with van der Waals surface area (Å²) in [6.45, 7) is 0. The fraction of sp³-hybridized carbons (Fsp3) is 0.300. The van der Waals surface area contributed by atoms with Gasteiger partial charge in [-0.25, -0.2) is 0 Å². The van der Waals surface area contributed by atoms with Crippen LogP contribution in [0.15, 0.2) is 12.1 Å². The summed E-state index contributed by atoms with van der Waals surface area (Å²) >= 11 is 0. The molecular weight excluding hydrogens is 224 g/mol. The minimum absolute atomic E-state index is 0.262. The van der Waals surface area contributed by atoms with E-state index in [1.807, 2.05) is 0 Å². The van der Waals surface area contributed by atoms with Crippen LogP contribution in [0.4, 0.5) is 0 Å². The summed E-state index contributed by atoms with van der Waals surface area (Å²) in [5.74, 6) is 1.40. The first-order valence-electron chi connectivity index (χ1n) is 4.84. The van der Waals surface area contributed by atoms with E-state index < -0.39 is 0 Å². The Morgan fingerprint density at radius 3 is 2.41 bits per heavy atom. The van der Waals surface area contributed by atoms with Crippen LogP contribution in [-0.4, -0.2) is 41.5 Å². The Hall–Kier alpha value is -2.31. The highest BCUT2D eigenvalue weighted by Gasteiger charge is 2.13. The molecule has 2 heterocycles. The van der Waals surface area contributed by atoms with Gasteiger partial charge in [-0.1, -0.05) is 0 Å². The van der Waals surface area contributed by atoms with Gasteiger partial charge in [0.05, 0.1) is 26.9 Å². The predicted molar refractivity (Wildman–Crippen MR) is 59.3 cm³/mol. The maximum Gasteiger partial charge on any atom is 0.335 e. The molecule has 0 aliphatic rings. The van der Waals surface area contributed by atoms with Gasteiger partial charge >= 0.3 is 6.01 Å². The van der Waals surface area contributed by atoms with Crippen LogP contribution >= 0.6 is 0 Å². The quantitative estimate of drug-likeness (QED) is 0.849. The van der Waals surface area contributed by atoms with Crippen LogP contribution in [0, 0.1) is 0 Å². The highest BCUT2D eigenvalue weighted by molar-refractivity contribution is 5.62. The number of ether oxygens (including phenoxy) is 3. The number of aromatic amines is 1. The van der Waals surface area contributed by atoms with Crippen molar-refractivity contribution in [2.24, 2.45) is 0 Å². The molecule has 0 spiro atoms. The molecule has 90 valence electrons. The van der Waals surface area contributed by atoms with E-state index in [1.165, 1.54) is 14.2 Å². The fourth-order valence-corrected chi connectivity index (χ4v) is 1.33. The van der Waals surface area contributed by atoms with E-state index >= 15 is 0 Å². The Labute approximate surface area is 97.8 Å². The lowest BCUT2D eigenvalue weighted by atomic mass is 10.2. The number of methoxy groups -OCH3 is 3. The van der Waals surface area contributed by atoms with Gasteiger partial charge in [0.15, 0.2) is 5.82 Å².